The number of halogens is 3. The Balaban J connectivity index is 1.48. The molecule has 3 unspecified atom stereocenters. The number of ether oxygens (including phenoxy) is 2. The lowest BCUT2D eigenvalue weighted by Gasteiger charge is -2.25. The molecule has 1 aliphatic heterocycles. The van der Waals surface area contributed by atoms with Gasteiger partial charge < -0.3 is 25.4 Å². The van der Waals surface area contributed by atoms with Crippen LogP contribution in [0.4, 0.5) is 18.0 Å². The standard InChI is InChI=1S/C33H34F3N3O6/c1-21(37-31(43)44-19-24-11-7-4-8-12-24)29(41)39-27(18-23-13-15-25(16-14-23)33(34,35)36)30(42)38-26(28(40)32(2)20-45-32)17-22-9-5-3-6-10-22/h3-16,21,26-27H,17-20H2,1-2H3,(H,37,43)(H,38,42)(H,39,41)/t21?,26?,27-,32?/m0/s1. The predicted octanol–water partition coefficient (Wildman–Crippen LogP) is 4.13. The Morgan fingerprint density at radius 1 is 0.778 bits per heavy atom. The second kappa shape index (κ2) is 14.4. The molecule has 3 amide bonds. The maximum absolute atomic E-state index is 13.7. The van der Waals surface area contributed by atoms with E-state index >= 15 is 0 Å². The molecule has 1 fully saturated rings. The molecule has 3 N–H and O–H groups in total. The number of rotatable bonds is 13. The molecule has 0 radical (unpaired) electrons. The molecule has 12 heteroatoms. The molecule has 4 atom stereocenters. The fourth-order valence-electron chi connectivity index (χ4n) is 4.53. The highest BCUT2D eigenvalue weighted by Gasteiger charge is 2.50. The number of benzene rings is 3. The molecule has 1 aliphatic rings. The number of carbonyl (C=O) groups excluding carboxylic acids is 4. The average Bonchev–Trinajstić information content (AvgIpc) is 3.78. The minimum absolute atomic E-state index is 0.0283. The Labute approximate surface area is 258 Å². The van der Waals surface area contributed by atoms with Crippen molar-refractivity contribution in [1.29, 1.82) is 0 Å². The molecule has 0 bridgehead atoms. The maximum Gasteiger partial charge on any atom is 0.416 e. The Morgan fingerprint density at radius 2 is 1.29 bits per heavy atom. The monoisotopic (exact) mass is 625 g/mol. The number of epoxide rings is 1. The van der Waals surface area contributed by atoms with Crippen molar-refractivity contribution in [3.05, 3.63) is 107 Å². The first-order valence-corrected chi connectivity index (χ1v) is 14.3. The van der Waals surface area contributed by atoms with Crippen LogP contribution in [-0.2, 0) is 49.5 Å². The Bertz CT molecular complexity index is 1480. The van der Waals surface area contributed by atoms with Crippen LogP contribution in [0.15, 0.2) is 84.9 Å². The Kier molecular flexibility index (Phi) is 10.6. The van der Waals surface area contributed by atoms with Crippen molar-refractivity contribution in [2.45, 2.75) is 63.2 Å². The summed E-state index contributed by atoms with van der Waals surface area (Å²) in [7, 11) is 0. The van der Waals surface area contributed by atoms with Crippen LogP contribution < -0.4 is 16.0 Å². The molecule has 1 heterocycles. The highest BCUT2D eigenvalue weighted by Crippen LogP contribution is 2.30. The Hall–Kier alpha value is -4.71. The van der Waals surface area contributed by atoms with Crippen LogP contribution in [0.2, 0.25) is 0 Å². The molecule has 45 heavy (non-hydrogen) atoms. The van der Waals surface area contributed by atoms with Gasteiger partial charge in [-0.25, -0.2) is 4.79 Å². The van der Waals surface area contributed by atoms with E-state index in [1.54, 1.807) is 55.5 Å². The summed E-state index contributed by atoms with van der Waals surface area (Å²) in [5.41, 5.74) is -0.0833. The van der Waals surface area contributed by atoms with Crippen LogP contribution >= 0.6 is 0 Å². The zero-order valence-corrected chi connectivity index (χ0v) is 24.7. The van der Waals surface area contributed by atoms with Crippen molar-refractivity contribution in [2.24, 2.45) is 0 Å². The van der Waals surface area contributed by atoms with Crippen LogP contribution in [0.25, 0.3) is 0 Å². The number of Topliss-reactive ketones (excluding diaryl/α,β-unsaturated/α-hetero) is 1. The van der Waals surface area contributed by atoms with E-state index in [4.69, 9.17) is 9.47 Å². The number of nitrogens with one attached hydrogen (secondary N) is 3. The molecule has 238 valence electrons. The minimum Gasteiger partial charge on any atom is -0.445 e. The van der Waals surface area contributed by atoms with Crippen LogP contribution in [0, 0.1) is 0 Å². The van der Waals surface area contributed by atoms with Crippen molar-refractivity contribution >= 4 is 23.7 Å². The molecular weight excluding hydrogens is 591 g/mol. The highest BCUT2D eigenvalue weighted by molar-refractivity contribution is 5.98. The van der Waals surface area contributed by atoms with Gasteiger partial charge in [0.1, 0.15) is 24.3 Å². The first-order valence-electron chi connectivity index (χ1n) is 14.3. The van der Waals surface area contributed by atoms with E-state index in [9.17, 15) is 32.3 Å². The van der Waals surface area contributed by atoms with Gasteiger partial charge in [0.2, 0.25) is 11.8 Å². The summed E-state index contributed by atoms with van der Waals surface area (Å²) < 4.78 is 49.8. The van der Waals surface area contributed by atoms with E-state index in [-0.39, 0.29) is 31.8 Å². The molecule has 1 saturated heterocycles. The summed E-state index contributed by atoms with van der Waals surface area (Å²) in [6, 6.07) is 18.6. The maximum atomic E-state index is 13.7. The molecule has 3 aromatic carbocycles. The fourth-order valence-corrected chi connectivity index (χ4v) is 4.53. The number of hydrogen-bond acceptors (Lipinski definition) is 6. The third-order valence-corrected chi connectivity index (χ3v) is 7.31. The van der Waals surface area contributed by atoms with Crippen LogP contribution in [0.3, 0.4) is 0 Å². The second-order valence-corrected chi connectivity index (χ2v) is 11.0. The fraction of sp³-hybridized carbons (Fsp3) is 0.333. The zero-order valence-electron chi connectivity index (χ0n) is 24.7. The number of alkyl halides is 3. The Morgan fingerprint density at radius 3 is 1.84 bits per heavy atom. The summed E-state index contributed by atoms with van der Waals surface area (Å²) in [4.78, 5) is 52.4. The van der Waals surface area contributed by atoms with Crippen LogP contribution in [-0.4, -0.2) is 54.0 Å². The molecule has 0 aromatic heterocycles. The van der Waals surface area contributed by atoms with Gasteiger partial charge in [0.15, 0.2) is 5.78 Å². The van der Waals surface area contributed by atoms with Crippen molar-refractivity contribution in [3.8, 4) is 0 Å². The lowest BCUT2D eigenvalue weighted by Crippen LogP contribution is -2.57. The predicted molar refractivity (Wildman–Crippen MR) is 158 cm³/mol. The zero-order chi connectivity index (χ0) is 32.6. The molecule has 3 aromatic rings. The van der Waals surface area contributed by atoms with Gasteiger partial charge in [0, 0.05) is 6.42 Å². The van der Waals surface area contributed by atoms with E-state index in [1.165, 1.54) is 19.1 Å². The largest absolute Gasteiger partial charge is 0.445 e. The quantitative estimate of drug-likeness (QED) is 0.245. The van der Waals surface area contributed by atoms with E-state index in [0.717, 1.165) is 23.3 Å². The summed E-state index contributed by atoms with van der Waals surface area (Å²) in [6.45, 7) is 3.17. The number of ketones is 1. The first kappa shape index (κ1) is 33.2. The second-order valence-electron chi connectivity index (χ2n) is 11.0. The molecule has 4 rings (SSSR count). The third-order valence-electron chi connectivity index (χ3n) is 7.31. The van der Waals surface area contributed by atoms with Crippen LogP contribution in [0.5, 0.6) is 0 Å². The lowest BCUT2D eigenvalue weighted by atomic mass is 9.94. The lowest BCUT2D eigenvalue weighted by molar-refractivity contribution is -0.137. The summed E-state index contributed by atoms with van der Waals surface area (Å²) in [5.74, 6) is -1.83. The third kappa shape index (κ3) is 9.64. The van der Waals surface area contributed by atoms with E-state index in [2.05, 4.69) is 16.0 Å². The van der Waals surface area contributed by atoms with Gasteiger partial charge in [-0.15, -0.1) is 0 Å². The van der Waals surface area contributed by atoms with Crippen LogP contribution in [0.1, 0.15) is 36.1 Å². The normalized spacial score (nSPS) is 17.7. The van der Waals surface area contributed by atoms with Gasteiger partial charge >= 0.3 is 12.3 Å². The summed E-state index contributed by atoms with van der Waals surface area (Å²) in [5, 5.41) is 7.68. The molecule has 0 aliphatic carbocycles. The average molecular weight is 626 g/mol. The number of hydrogen-bond donors (Lipinski definition) is 3. The van der Waals surface area contributed by atoms with E-state index in [0.29, 0.717) is 5.56 Å². The van der Waals surface area contributed by atoms with E-state index in [1.807, 2.05) is 12.1 Å². The number of amides is 3. The van der Waals surface area contributed by atoms with Gasteiger partial charge in [-0.1, -0.05) is 72.8 Å². The van der Waals surface area contributed by atoms with Crippen molar-refractivity contribution in [2.75, 3.05) is 6.61 Å². The summed E-state index contributed by atoms with van der Waals surface area (Å²) >= 11 is 0. The molecular formula is C33H34F3N3O6. The number of alkyl carbamates (subject to hydrolysis) is 1. The van der Waals surface area contributed by atoms with Gasteiger partial charge in [0.05, 0.1) is 18.2 Å². The van der Waals surface area contributed by atoms with Gasteiger partial charge in [-0.3, -0.25) is 14.4 Å². The molecule has 9 nitrogen and oxygen atoms in total. The van der Waals surface area contributed by atoms with Crippen molar-refractivity contribution < 1.29 is 41.8 Å². The topological polar surface area (TPSA) is 126 Å². The van der Waals surface area contributed by atoms with Crippen molar-refractivity contribution in [3.63, 3.8) is 0 Å². The number of carbonyl (C=O) groups is 4. The summed E-state index contributed by atoms with van der Waals surface area (Å²) in [6.07, 6.45) is -5.46. The highest BCUT2D eigenvalue weighted by atomic mass is 19.4. The van der Waals surface area contributed by atoms with Crippen molar-refractivity contribution in [1.82, 2.24) is 16.0 Å². The van der Waals surface area contributed by atoms with Gasteiger partial charge in [0.25, 0.3) is 0 Å². The van der Waals surface area contributed by atoms with E-state index < -0.39 is 53.4 Å². The SMILES string of the molecule is CC(NC(=O)OCc1ccccc1)C(=O)N[C@@H](Cc1ccc(C(F)(F)F)cc1)C(=O)NC(Cc1ccccc1)C(=O)C1(C)CO1. The molecule has 0 spiro atoms. The first-order chi connectivity index (χ1) is 21.3. The van der Waals surface area contributed by atoms with Gasteiger partial charge in [-0.2, -0.15) is 13.2 Å². The molecule has 0 saturated carbocycles. The minimum atomic E-state index is -4.55. The van der Waals surface area contributed by atoms with Gasteiger partial charge in [-0.05, 0) is 49.1 Å². The smallest absolute Gasteiger partial charge is 0.416 e.